The molecule has 5 heteroatoms. The number of benzene rings is 3. The fourth-order valence-electron chi connectivity index (χ4n) is 3.42. The van der Waals surface area contributed by atoms with Crippen LogP contribution >= 0.6 is 0 Å². The predicted molar refractivity (Wildman–Crippen MR) is 125 cm³/mol. The second-order valence-electron chi connectivity index (χ2n) is 7.77. The zero-order valence-electron chi connectivity index (χ0n) is 18.6. The maximum atomic E-state index is 13.1. The van der Waals surface area contributed by atoms with Crippen molar-refractivity contribution >= 4 is 17.7 Å². The molecule has 0 spiro atoms. The smallest absolute Gasteiger partial charge is 0.266 e. The molecule has 0 radical (unpaired) electrons. The number of hydrogen-bond acceptors (Lipinski definition) is 3. The van der Waals surface area contributed by atoms with Crippen molar-refractivity contribution in [2.24, 2.45) is 0 Å². The lowest BCUT2D eigenvalue weighted by atomic mass is 10.0. The van der Waals surface area contributed by atoms with Crippen LogP contribution in [0.1, 0.15) is 33.4 Å². The van der Waals surface area contributed by atoms with E-state index in [-0.39, 0.29) is 11.4 Å². The third kappa shape index (κ3) is 5.41. The highest BCUT2D eigenvalue weighted by Crippen LogP contribution is 2.27. The van der Waals surface area contributed by atoms with Crippen LogP contribution in [0.2, 0.25) is 0 Å². The number of anilines is 1. The van der Waals surface area contributed by atoms with Crippen molar-refractivity contribution in [3.05, 3.63) is 99.4 Å². The summed E-state index contributed by atoms with van der Waals surface area (Å²) in [7, 11) is 0. The van der Waals surface area contributed by atoms with E-state index in [1.54, 1.807) is 18.2 Å². The maximum absolute atomic E-state index is 13.1. The molecule has 162 valence electrons. The summed E-state index contributed by atoms with van der Waals surface area (Å²) in [6.07, 6.45) is 1.57. The quantitative estimate of drug-likeness (QED) is 0.376. The Morgan fingerprint density at radius 2 is 1.69 bits per heavy atom. The van der Waals surface area contributed by atoms with Gasteiger partial charge in [-0.25, -0.2) is 4.39 Å². The molecule has 0 aliphatic heterocycles. The van der Waals surface area contributed by atoms with Gasteiger partial charge in [0.1, 0.15) is 29.8 Å². The number of carbonyl (C=O) groups is 1. The summed E-state index contributed by atoms with van der Waals surface area (Å²) in [4.78, 5) is 12.7. The van der Waals surface area contributed by atoms with Gasteiger partial charge in [0.2, 0.25) is 0 Å². The Balaban J connectivity index is 1.78. The van der Waals surface area contributed by atoms with Gasteiger partial charge in [-0.3, -0.25) is 4.79 Å². The minimum absolute atomic E-state index is 0.0182. The first-order chi connectivity index (χ1) is 15.3. The second kappa shape index (κ2) is 9.93. The third-order valence-electron chi connectivity index (χ3n) is 5.31. The second-order valence-corrected chi connectivity index (χ2v) is 7.77. The SMILES string of the molecule is Cc1cccc(NC(=O)/C(C#N)=C/c2cc(C)c(OCc3ccc(F)cc3)c(C)c2)c1C. The Labute approximate surface area is 188 Å². The molecular weight excluding hydrogens is 403 g/mol. The van der Waals surface area contributed by atoms with E-state index in [9.17, 15) is 14.4 Å². The van der Waals surface area contributed by atoms with E-state index >= 15 is 0 Å². The topological polar surface area (TPSA) is 62.1 Å². The molecule has 0 fully saturated rings. The van der Waals surface area contributed by atoms with Crippen LogP contribution in [0.5, 0.6) is 5.75 Å². The third-order valence-corrected chi connectivity index (χ3v) is 5.31. The van der Waals surface area contributed by atoms with Crippen molar-refractivity contribution < 1.29 is 13.9 Å². The number of rotatable bonds is 6. The van der Waals surface area contributed by atoms with Gasteiger partial charge in [-0.2, -0.15) is 5.26 Å². The van der Waals surface area contributed by atoms with Crippen molar-refractivity contribution in [2.75, 3.05) is 5.32 Å². The van der Waals surface area contributed by atoms with Gasteiger partial charge < -0.3 is 10.1 Å². The number of ether oxygens (including phenoxy) is 1. The number of amides is 1. The van der Waals surface area contributed by atoms with Crippen molar-refractivity contribution in [2.45, 2.75) is 34.3 Å². The monoisotopic (exact) mass is 428 g/mol. The van der Waals surface area contributed by atoms with Gasteiger partial charge >= 0.3 is 0 Å². The Morgan fingerprint density at radius 3 is 2.31 bits per heavy atom. The van der Waals surface area contributed by atoms with Crippen LogP contribution in [0.3, 0.4) is 0 Å². The van der Waals surface area contributed by atoms with Crippen LogP contribution in [0, 0.1) is 44.8 Å². The number of hydrogen-bond donors (Lipinski definition) is 1. The number of halogens is 1. The summed E-state index contributed by atoms with van der Waals surface area (Å²) >= 11 is 0. The van der Waals surface area contributed by atoms with Gasteiger partial charge in [0.05, 0.1) is 0 Å². The average Bonchev–Trinajstić information content (AvgIpc) is 2.76. The molecule has 3 rings (SSSR count). The van der Waals surface area contributed by atoms with Crippen LogP contribution in [0.15, 0.2) is 60.2 Å². The largest absolute Gasteiger partial charge is 0.488 e. The molecule has 0 unspecified atom stereocenters. The first-order valence-corrected chi connectivity index (χ1v) is 10.3. The van der Waals surface area contributed by atoms with Gasteiger partial charge in [0, 0.05) is 5.69 Å². The van der Waals surface area contributed by atoms with E-state index in [1.165, 1.54) is 12.1 Å². The summed E-state index contributed by atoms with van der Waals surface area (Å²) in [5.74, 6) is -0.00916. The zero-order valence-corrected chi connectivity index (χ0v) is 18.6. The van der Waals surface area contributed by atoms with Crippen LogP contribution < -0.4 is 10.1 Å². The summed E-state index contributed by atoms with van der Waals surface area (Å²) in [5, 5.41) is 12.4. The normalized spacial score (nSPS) is 11.1. The van der Waals surface area contributed by atoms with E-state index in [2.05, 4.69) is 5.32 Å². The van der Waals surface area contributed by atoms with Gasteiger partial charge in [0.25, 0.3) is 5.91 Å². The molecule has 0 aromatic heterocycles. The summed E-state index contributed by atoms with van der Waals surface area (Å²) < 4.78 is 19.0. The van der Waals surface area contributed by atoms with E-state index in [1.807, 2.05) is 64.1 Å². The lowest BCUT2D eigenvalue weighted by Gasteiger charge is -2.14. The molecule has 1 N–H and O–H groups in total. The van der Waals surface area contributed by atoms with Gasteiger partial charge in [0.15, 0.2) is 0 Å². The molecule has 3 aromatic rings. The number of carbonyl (C=O) groups excluding carboxylic acids is 1. The van der Waals surface area contributed by atoms with Gasteiger partial charge in [-0.1, -0.05) is 24.3 Å². The van der Waals surface area contributed by atoms with Crippen LogP contribution in [0.4, 0.5) is 10.1 Å². The number of nitrogens with one attached hydrogen (secondary N) is 1. The predicted octanol–water partition coefficient (Wildman–Crippen LogP) is 6.18. The van der Waals surface area contributed by atoms with E-state index in [4.69, 9.17) is 4.74 Å². The summed E-state index contributed by atoms with van der Waals surface area (Å²) in [6.45, 7) is 8.04. The Morgan fingerprint density at radius 1 is 1.03 bits per heavy atom. The highest BCUT2D eigenvalue weighted by atomic mass is 19.1. The van der Waals surface area contributed by atoms with E-state index < -0.39 is 5.91 Å². The molecule has 0 saturated carbocycles. The van der Waals surface area contributed by atoms with Crippen molar-refractivity contribution in [3.8, 4) is 11.8 Å². The Hall–Kier alpha value is -3.91. The molecule has 0 bridgehead atoms. The number of aryl methyl sites for hydroxylation is 3. The first-order valence-electron chi connectivity index (χ1n) is 10.3. The highest BCUT2D eigenvalue weighted by molar-refractivity contribution is 6.10. The van der Waals surface area contributed by atoms with Gasteiger partial charge in [-0.15, -0.1) is 0 Å². The minimum atomic E-state index is -0.451. The lowest BCUT2D eigenvalue weighted by Crippen LogP contribution is -2.14. The lowest BCUT2D eigenvalue weighted by molar-refractivity contribution is -0.112. The van der Waals surface area contributed by atoms with Crippen LogP contribution in [0.25, 0.3) is 6.08 Å². The molecule has 0 saturated heterocycles. The first kappa shape index (κ1) is 22.8. The molecule has 4 nitrogen and oxygen atoms in total. The van der Waals surface area contributed by atoms with Crippen molar-refractivity contribution in [3.63, 3.8) is 0 Å². The molecule has 1 amide bonds. The standard InChI is InChI=1S/C27H25FN2O2/c1-17-6-5-7-25(20(17)4)30-27(31)23(15-29)14-22-12-18(2)26(19(3)13-22)32-16-21-8-10-24(28)11-9-21/h5-14H,16H2,1-4H3,(H,30,31)/b23-14+. The van der Waals surface area contributed by atoms with E-state index in [0.29, 0.717) is 12.3 Å². The maximum Gasteiger partial charge on any atom is 0.266 e. The molecule has 0 aliphatic rings. The molecule has 0 aliphatic carbocycles. The van der Waals surface area contributed by atoms with Crippen molar-refractivity contribution in [1.29, 1.82) is 5.26 Å². The molecule has 3 aromatic carbocycles. The Bertz CT molecular complexity index is 1200. The Kier molecular flexibility index (Phi) is 7.07. The number of nitriles is 1. The average molecular weight is 429 g/mol. The molecule has 0 heterocycles. The number of nitrogens with zero attached hydrogens (tertiary/aromatic N) is 1. The molecular formula is C27H25FN2O2. The molecule has 0 atom stereocenters. The fourth-order valence-corrected chi connectivity index (χ4v) is 3.42. The summed E-state index contributed by atoms with van der Waals surface area (Å²) in [5.41, 5.74) is 6.10. The zero-order chi connectivity index (χ0) is 23.3. The highest BCUT2D eigenvalue weighted by Gasteiger charge is 2.13. The molecule has 32 heavy (non-hydrogen) atoms. The van der Waals surface area contributed by atoms with Crippen LogP contribution in [-0.4, -0.2) is 5.91 Å². The van der Waals surface area contributed by atoms with Crippen molar-refractivity contribution in [1.82, 2.24) is 0 Å². The van der Waals surface area contributed by atoms with Gasteiger partial charge in [-0.05, 0) is 97.5 Å². The van der Waals surface area contributed by atoms with E-state index in [0.717, 1.165) is 39.1 Å². The minimum Gasteiger partial charge on any atom is -0.488 e. The summed E-state index contributed by atoms with van der Waals surface area (Å²) in [6, 6.07) is 17.6. The fraction of sp³-hybridized carbons (Fsp3) is 0.185. The van der Waals surface area contributed by atoms with Crippen LogP contribution in [-0.2, 0) is 11.4 Å².